The van der Waals surface area contributed by atoms with Crippen LogP contribution in [0.2, 0.25) is 0 Å². The molecule has 2 aliphatic rings. The normalized spacial score (nSPS) is 19.5. The minimum Gasteiger partial charge on any atom is -0.475 e. The molecule has 0 aliphatic heterocycles. The zero-order valence-corrected chi connectivity index (χ0v) is 18.2. The molecule has 2 saturated carbocycles. The van der Waals surface area contributed by atoms with Gasteiger partial charge in [0.1, 0.15) is 0 Å². The molecule has 5 rings (SSSR count). The van der Waals surface area contributed by atoms with Crippen molar-refractivity contribution in [2.45, 2.75) is 37.4 Å². The van der Waals surface area contributed by atoms with Crippen LogP contribution in [0.25, 0.3) is 10.2 Å². The summed E-state index contributed by atoms with van der Waals surface area (Å²) in [6.45, 7) is 1.15. The first-order valence-electron chi connectivity index (χ1n) is 10.5. The Hall–Kier alpha value is -2.98. The monoisotopic (exact) mass is 477 g/mol. The number of rotatable bonds is 6. The van der Waals surface area contributed by atoms with E-state index in [1.807, 2.05) is 41.9 Å². The van der Waals surface area contributed by atoms with Crippen LogP contribution in [-0.2, 0) is 4.79 Å². The molecule has 10 heteroatoms. The molecule has 2 aromatic carbocycles. The van der Waals surface area contributed by atoms with Crippen molar-refractivity contribution in [3.63, 3.8) is 0 Å². The minimum atomic E-state index is -5.08. The van der Waals surface area contributed by atoms with Crippen molar-refractivity contribution in [3.05, 3.63) is 59.1 Å². The van der Waals surface area contributed by atoms with Gasteiger partial charge in [-0.05, 0) is 67.6 Å². The molecule has 2 fully saturated rings. The number of alkyl halides is 3. The van der Waals surface area contributed by atoms with Gasteiger partial charge in [0.25, 0.3) is 5.91 Å². The highest BCUT2D eigenvalue weighted by Crippen LogP contribution is 2.42. The van der Waals surface area contributed by atoms with Gasteiger partial charge >= 0.3 is 12.1 Å². The fraction of sp³-hybridized carbons (Fsp3) is 0.348. The number of fused-ring (bicyclic) bond motifs is 1. The van der Waals surface area contributed by atoms with E-state index in [9.17, 15) is 18.0 Å². The van der Waals surface area contributed by atoms with E-state index in [-0.39, 0.29) is 5.91 Å². The fourth-order valence-corrected chi connectivity index (χ4v) is 4.19. The van der Waals surface area contributed by atoms with E-state index >= 15 is 0 Å². The van der Waals surface area contributed by atoms with Gasteiger partial charge in [-0.1, -0.05) is 12.1 Å². The van der Waals surface area contributed by atoms with Crippen molar-refractivity contribution in [1.82, 2.24) is 10.3 Å². The first-order chi connectivity index (χ1) is 15.7. The number of aromatic nitrogens is 1. The Morgan fingerprint density at radius 3 is 2.61 bits per heavy atom. The average Bonchev–Trinajstić information content (AvgIpc) is 3.69. The number of aliphatic carboxylic acids is 1. The molecule has 0 unspecified atom stereocenters. The summed E-state index contributed by atoms with van der Waals surface area (Å²) in [6, 6.07) is 14.5. The molecule has 3 N–H and O–H groups in total. The molecule has 2 aliphatic carbocycles. The number of nitrogens with zero attached hydrogens (tertiary/aromatic N) is 1. The third kappa shape index (κ3) is 6.29. The van der Waals surface area contributed by atoms with E-state index in [0.717, 1.165) is 33.9 Å². The summed E-state index contributed by atoms with van der Waals surface area (Å²) in [4.78, 5) is 25.8. The van der Waals surface area contributed by atoms with Crippen molar-refractivity contribution in [2.24, 2.45) is 5.92 Å². The number of carboxylic acid groups (broad SMARTS) is 1. The van der Waals surface area contributed by atoms with E-state index in [1.165, 1.54) is 24.8 Å². The quantitative estimate of drug-likeness (QED) is 0.463. The second kappa shape index (κ2) is 9.48. The average molecular weight is 478 g/mol. The first-order valence-corrected chi connectivity index (χ1v) is 11.4. The van der Waals surface area contributed by atoms with Crippen molar-refractivity contribution in [2.75, 3.05) is 11.9 Å². The van der Waals surface area contributed by atoms with E-state index < -0.39 is 12.1 Å². The number of anilines is 1. The van der Waals surface area contributed by atoms with Crippen LogP contribution in [0.5, 0.6) is 0 Å². The molecule has 0 radical (unpaired) electrons. The number of carboxylic acids is 1. The van der Waals surface area contributed by atoms with E-state index in [1.54, 1.807) is 11.3 Å². The third-order valence-electron chi connectivity index (χ3n) is 5.56. The highest BCUT2D eigenvalue weighted by atomic mass is 32.1. The number of hydrogen-bond donors (Lipinski definition) is 3. The van der Waals surface area contributed by atoms with Gasteiger partial charge in [-0.3, -0.25) is 4.79 Å². The van der Waals surface area contributed by atoms with Gasteiger partial charge in [-0.25, -0.2) is 9.78 Å². The lowest BCUT2D eigenvalue weighted by Crippen LogP contribution is -2.21. The molecule has 1 heterocycles. The predicted molar refractivity (Wildman–Crippen MR) is 120 cm³/mol. The van der Waals surface area contributed by atoms with Gasteiger partial charge < -0.3 is 15.7 Å². The Morgan fingerprint density at radius 1 is 1.15 bits per heavy atom. The number of hydrogen-bond acceptors (Lipinski definition) is 5. The number of carbonyl (C=O) groups is 2. The van der Waals surface area contributed by atoms with Crippen LogP contribution in [0.3, 0.4) is 0 Å². The summed E-state index contributed by atoms with van der Waals surface area (Å²) >= 11 is 1.58. The SMILES string of the molecule is O=C(Nc1ccc2ncsc2c1)c1cccc([C@@H]2C[C@H]2NCC2CC2)c1.O=C(O)C(F)(F)F. The predicted octanol–water partition coefficient (Wildman–Crippen LogP) is 5.04. The number of nitrogens with one attached hydrogen (secondary N) is 2. The second-order valence-electron chi connectivity index (χ2n) is 8.22. The molecule has 174 valence electrons. The van der Waals surface area contributed by atoms with Crippen LogP contribution in [0.4, 0.5) is 18.9 Å². The molecule has 1 aromatic heterocycles. The number of carbonyl (C=O) groups excluding carboxylic acids is 1. The smallest absolute Gasteiger partial charge is 0.475 e. The fourth-order valence-electron chi connectivity index (χ4n) is 3.48. The van der Waals surface area contributed by atoms with Crippen molar-refractivity contribution < 1.29 is 27.9 Å². The summed E-state index contributed by atoms with van der Waals surface area (Å²) in [5.74, 6) is -1.36. The second-order valence-corrected chi connectivity index (χ2v) is 9.10. The van der Waals surface area contributed by atoms with Gasteiger partial charge in [0.05, 0.1) is 15.7 Å². The van der Waals surface area contributed by atoms with Crippen molar-refractivity contribution in [3.8, 4) is 0 Å². The number of amides is 1. The standard InChI is InChI=1S/C21H21N3OS.C2HF3O2/c25-21(24-16-6-7-18-20(9-16)26-12-23-18)15-3-1-2-14(8-15)17-10-19(17)22-11-13-4-5-13;3-2(4,5)1(6)7/h1-3,6-9,12-13,17,19,22H,4-5,10-11H2,(H,24,25);(H,6,7)/t17-,19+;/m0./s1. The third-order valence-corrected chi connectivity index (χ3v) is 6.36. The molecule has 3 aromatic rings. The van der Waals surface area contributed by atoms with Crippen LogP contribution in [-0.4, -0.2) is 40.7 Å². The minimum absolute atomic E-state index is 0.0566. The lowest BCUT2D eigenvalue weighted by Gasteiger charge is -2.08. The molecule has 0 bridgehead atoms. The first kappa shape index (κ1) is 23.2. The maximum absolute atomic E-state index is 12.6. The highest BCUT2D eigenvalue weighted by Gasteiger charge is 2.39. The van der Waals surface area contributed by atoms with Crippen LogP contribution in [0.15, 0.2) is 48.0 Å². The lowest BCUT2D eigenvalue weighted by atomic mass is 10.1. The van der Waals surface area contributed by atoms with Crippen LogP contribution in [0.1, 0.15) is 41.1 Å². The van der Waals surface area contributed by atoms with E-state index in [2.05, 4.69) is 21.7 Å². The topological polar surface area (TPSA) is 91.3 Å². The van der Waals surface area contributed by atoms with Crippen LogP contribution < -0.4 is 10.6 Å². The zero-order valence-electron chi connectivity index (χ0n) is 17.4. The maximum atomic E-state index is 12.6. The lowest BCUT2D eigenvalue weighted by molar-refractivity contribution is -0.192. The summed E-state index contributed by atoms with van der Waals surface area (Å²) in [7, 11) is 0. The molecule has 0 saturated heterocycles. The Morgan fingerprint density at radius 2 is 1.91 bits per heavy atom. The number of benzene rings is 2. The molecule has 2 atom stereocenters. The number of halogens is 3. The van der Waals surface area contributed by atoms with Crippen molar-refractivity contribution in [1.29, 1.82) is 0 Å². The Bertz CT molecular complexity index is 1160. The van der Waals surface area contributed by atoms with E-state index in [4.69, 9.17) is 9.90 Å². The summed E-state index contributed by atoms with van der Waals surface area (Å²) in [6.07, 6.45) is -1.14. The van der Waals surface area contributed by atoms with Gasteiger partial charge in [-0.2, -0.15) is 13.2 Å². The molecular weight excluding hydrogens is 455 g/mol. The summed E-state index contributed by atoms with van der Waals surface area (Å²) < 4.78 is 32.8. The van der Waals surface area contributed by atoms with Gasteiger partial charge in [0.15, 0.2) is 0 Å². The van der Waals surface area contributed by atoms with Crippen molar-refractivity contribution >= 4 is 39.1 Å². The highest BCUT2D eigenvalue weighted by molar-refractivity contribution is 7.16. The largest absolute Gasteiger partial charge is 0.490 e. The zero-order chi connectivity index (χ0) is 23.6. The van der Waals surface area contributed by atoms with Crippen LogP contribution >= 0.6 is 11.3 Å². The van der Waals surface area contributed by atoms with Gasteiger partial charge in [0.2, 0.25) is 0 Å². The molecule has 0 spiro atoms. The van der Waals surface area contributed by atoms with Gasteiger partial charge in [-0.15, -0.1) is 11.3 Å². The summed E-state index contributed by atoms with van der Waals surface area (Å²) in [5, 5.41) is 13.8. The Labute approximate surface area is 191 Å². The molecule has 6 nitrogen and oxygen atoms in total. The Kier molecular flexibility index (Phi) is 6.66. The van der Waals surface area contributed by atoms with Crippen LogP contribution in [0, 0.1) is 5.92 Å². The van der Waals surface area contributed by atoms with E-state index in [0.29, 0.717) is 12.0 Å². The summed E-state index contributed by atoms with van der Waals surface area (Å²) in [5.41, 5.74) is 5.59. The maximum Gasteiger partial charge on any atom is 0.490 e. The Balaban J connectivity index is 0.000000325. The number of thiazole rings is 1. The molecular formula is C23H22F3N3O3S. The molecule has 1 amide bonds. The van der Waals surface area contributed by atoms with Gasteiger partial charge in [0, 0.05) is 23.2 Å². The molecule has 33 heavy (non-hydrogen) atoms.